The maximum absolute atomic E-state index is 12.1. The molecule has 0 amide bonds. The number of allylic oxidation sites excluding steroid dienone is 2. The average Bonchev–Trinajstić information content (AvgIpc) is 2.70. The molecule has 0 spiro atoms. The van der Waals surface area contributed by atoms with Gasteiger partial charge in [-0.25, -0.2) is 0 Å². The van der Waals surface area contributed by atoms with Crippen LogP contribution in [0, 0.1) is 34.5 Å². The first-order valence-electron chi connectivity index (χ1n) is 11.4. The summed E-state index contributed by atoms with van der Waals surface area (Å²) in [6.45, 7) is 10.1. The highest BCUT2D eigenvalue weighted by Gasteiger charge is 2.52. The van der Waals surface area contributed by atoms with Crippen molar-refractivity contribution in [2.45, 2.75) is 72.6 Å². The lowest BCUT2D eigenvalue weighted by Gasteiger charge is -2.56. The molecular formula is C25H36O4. The van der Waals surface area contributed by atoms with Crippen LogP contribution in [-0.2, 0) is 19.1 Å². The summed E-state index contributed by atoms with van der Waals surface area (Å²) in [7, 11) is 0. The Morgan fingerprint density at radius 1 is 0.828 bits per heavy atom. The van der Waals surface area contributed by atoms with Crippen LogP contribution in [0.2, 0.25) is 0 Å². The zero-order valence-corrected chi connectivity index (χ0v) is 18.5. The second-order valence-corrected chi connectivity index (χ2v) is 10.8. The number of rotatable bonds is 8. The summed E-state index contributed by atoms with van der Waals surface area (Å²) < 4.78 is 11.0. The van der Waals surface area contributed by atoms with Gasteiger partial charge in [-0.2, -0.15) is 0 Å². The molecule has 2 saturated carbocycles. The van der Waals surface area contributed by atoms with E-state index in [9.17, 15) is 9.59 Å². The molecule has 6 rings (SSSR count). The minimum Gasteiger partial charge on any atom is -0.461 e. The average molecular weight is 401 g/mol. The van der Waals surface area contributed by atoms with Crippen molar-refractivity contribution in [1.29, 1.82) is 0 Å². The first-order valence-corrected chi connectivity index (χ1v) is 11.4. The van der Waals surface area contributed by atoms with Crippen molar-refractivity contribution in [2.75, 3.05) is 13.2 Å². The van der Waals surface area contributed by atoms with E-state index in [0.29, 0.717) is 42.3 Å². The molecule has 4 heteroatoms. The van der Waals surface area contributed by atoms with Crippen molar-refractivity contribution in [2.24, 2.45) is 34.5 Å². The van der Waals surface area contributed by atoms with E-state index < -0.39 is 0 Å². The highest BCUT2D eigenvalue weighted by atomic mass is 16.5. The summed E-state index contributed by atoms with van der Waals surface area (Å²) in [5, 5.41) is 0. The molecule has 0 N–H and O–H groups in total. The molecule has 29 heavy (non-hydrogen) atoms. The minimum absolute atomic E-state index is 0.213. The Kier molecular flexibility index (Phi) is 5.41. The quantitative estimate of drug-likeness (QED) is 0.414. The van der Waals surface area contributed by atoms with Crippen LogP contribution < -0.4 is 0 Å². The lowest BCUT2D eigenvalue weighted by molar-refractivity contribution is -0.145. The van der Waals surface area contributed by atoms with Gasteiger partial charge in [-0.05, 0) is 77.8 Å². The van der Waals surface area contributed by atoms with E-state index in [1.54, 1.807) is 0 Å². The highest BCUT2D eigenvalue weighted by Crippen LogP contribution is 2.60. The van der Waals surface area contributed by atoms with Crippen molar-refractivity contribution in [3.63, 3.8) is 0 Å². The maximum atomic E-state index is 12.1. The van der Waals surface area contributed by atoms with Gasteiger partial charge in [0.25, 0.3) is 0 Å². The molecule has 160 valence electrons. The molecule has 6 aliphatic carbocycles. The number of carbonyl (C=O) groups is 2. The third-order valence-electron chi connectivity index (χ3n) is 8.73. The molecule has 0 aromatic rings. The van der Waals surface area contributed by atoms with Crippen LogP contribution in [-0.4, -0.2) is 25.2 Å². The second kappa shape index (κ2) is 7.59. The molecule has 0 aromatic carbocycles. The number of carbonyl (C=O) groups excluding carboxylic acids is 2. The topological polar surface area (TPSA) is 52.6 Å². The normalized spacial score (nSPS) is 32.8. The summed E-state index contributed by atoms with van der Waals surface area (Å²) >= 11 is 0. The van der Waals surface area contributed by atoms with E-state index in [1.165, 1.54) is 24.0 Å². The van der Waals surface area contributed by atoms with Gasteiger partial charge in [0.2, 0.25) is 0 Å². The lowest BCUT2D eigenvalue weighted by atomic mass is 9.49. The van der Waals surface area contributed by atoms with E-state index in [-0.39, 0.29) is 24.8 Å². The first-order chi connectivity index (χ1) is 13.7. The molecule has 0 heterocycles. The van der Waals surface area contributed by atoms with Gasteiger partial charge in [0, 0.05) is 12.8 Å². The van der Waals surface area contributed by atoms with E-state index in [0.717, 1.165) is 24.7 Å². The van der Waals surface area contributed by atoms with Crippen LogP contribution in [0.3, 0.4) is 0 Å². The van der Waals surface area contributed by atoms with E-state index >= 15 is 0 Å². The predicted octanol–water partition coefficient (Wildman–Crippen LogP) is 5.23. The van der Waals surface area contributed by atoms with Gasteiger partial charge in [-0.1, -0.05) is 39.8 Å². The number of hydrogen-bond donors (Lipinski definition) is 0. The summed E-state index contributed by atoms with van der Waals surface area (Å²) in [5.74, 6) is 2.28. The Labute approximate surface area is 175 Å². The fourth-order valence-corrected chi connectivity index (χ4v) is 6.13. The fraction of sp³-hybridized carbons (Fsp3) is 0.760. The molecule has 6 aliphatic rings. The summed E-state index contributed by atoms with van der Waals surface area (Å²) in [6, 6.07) is 0. The smallest absolute Gasteiger partial charge is 0.306 e. The molecule has 4 nitrogen and oxygen atoms in total. The Bertz CT molecular complexity index is 680. The number of hydrogen-bond acceptors (Lipinski definition) is 4. The molecule has 4 unspecified atom stereocenters. The molecule has 2 fully saturated rings. The Morgan fingerprint density at radius 3 is 1.59 bits per heavy atom. The van der Waals surface area contributed by atoms with Gasteiger partial charge in [0.05, 0.1) is 0 Å². The number of fused-ring (bicyclic) bond motifs is 2. The predicted molar refractivity (Wildman–Crippen MR) is 112 cm³/mol. The number of esters is 2. The third kappa shape index (κ3) is 3.80. The van der Waals surface area contributed by atoms with Crippen molar-refractivity contribution >= 4 is 11.9 Å². The molecular weight excluding hydrogens is 364 g/mol. The third-order valence-corrected chi connectivity index (χ3v) is 8.73. The molecule has 4 atom stereocenters. The van der Waals surface area contributed by atoms with Gasteiger partial charge in [-0.3, -0.25) is 9.59 Å². The molecule has 0 aromatic heterocycles. The van der Waals surface area contributed by atoms with Gasteiger partial charge >= 0.3 is 11.9 Å². The summed E-state index contributed by atoms with van der Waals surface area (Å²) in [6.07, 6.45) is 10.3. The minimum atomic E-state index is -0.213. The lowest BCUT2D eigenvalue weighted by Crippen LogP contribution is -2.48. The van der Waals surface area contributed by atoms with Gasteiger partial charge in [0.15, 0.2) is 0 Å². The van der Waals surface area contributed by atoms with Crippen LogP contribution in [0.1, 0.15) is 72.6 Å². The standard InChI is InChI=1S/C25H36O4/c1-24(2)18-10-8-16(20(24)12-18)14-28-22(26)6-5-7-23(27)29-15-17-9-11-19-13-21(17)25(19,3)4/h8-9,18-21H,5-7,10-15H2,1-4H3. The SMILES string of the molecule is CC1(C)C2CC=C(COC(=O)CCCC(=O)OCC3=CCC4CC3C4(C)C)C1C2. The van der Waals surface area contributed by atoms with E-state index in [4.69, 9.17) is 9.47 Å². The van der Waals surface area contributed by atoms with E-state index in [2.05, 4.69) is 39.8 Å². The van der Waals surface area contributed by atoms with Gasteiger partial charge < -0.3 is 9.47 Å². The summed E-state index contributed by atoms with van der Waals surface area (Å²) in [4.78, 5) is 24.1. The summed E-state index contributed by atoms with van der Waals surface area (Å²) in [5.41, 5.74) is 3.27. The van der Waals surface area contributed by atoms with Crippen LogP contribution >= 0.6 is 0 Å². The van der Waals surface area contributed by atoms with Crippen LogP contribution in [0.4, 0.5) is 0 Å². The fourth-order valence-electron chi connectivity index (χ4n) is 6.13. The zero-order chi connectivity index (χ0) is 20.8. The monoisotopic (exact) mass is 400 g/mol. The Hall–Kier alpha value is -1.58. The zero-order valence-electron chi connectivity index (χ0n) is 18.5. The van der Waals surface area contributed by atoms with Crippen molar-refractivity contribution in [3.8, 4) is 0 Å². The van der Waals surface area contributed by atoms with Crippen molar-refractivity contribution in [1.82, 2.24) is 0 Å². The van der Waals surface area contributed by atoms with Crippen molar-refractivity contribution < 1.29 is 19.1 Å². The first kappa shape index (κ1) is 20.7. The molecule has 0 saturated heterocycles. The van der Waals surface area contributed by atoms with Crippen LogP contribution in [0.5, 0.6) is 0 Å². The van der Waals surface area contributed by atoms with Gasteiger partial charge in [0.1, 0.15) is 13.2 Å². The highest BCUT2D eigenvalue weighted by molar-refractivity contribution is 5.72. The Morgan fingerprint density at radius 2 is 1.24 bits per heavy atom. The molecule has 4 bridgehead atoms. The molecule has 0 aliphatic heterocycles. The Balaban J connectivity index is 1.11. The molecule has 0 radical (unpaired) electrons. The largest absolute Gasteiger partial charge is 0.461 e. The van der Waals surface area contributed by atoms with E-state index in [1.807, 2.05) is 0 Å². The van der Waals surface area contributed by atoms with Crippen LogP contribution in [0.15, 0.2) is 23.3 Å². The van der Waals surface area contributed by atoms with Gasteiger partial charge in [-0.15, -0.1) is 0 Å². The maximum Gasteiger partial charge on any atom is 0.306 e. The van der Waals surface area contributed by atoms with Crippen molar-refractivity contribution in [3.05, 3.63) is 23.3 Å². The van der Waals surface area contributed by atoms with Crippen LogP contribution in [0.25, 0.3) is 0 Å². The second-order valence-electron chi connectivity index (χ2n) is 10.8. The number of ether oxygens (including phenoxy) is 2.